The Morgan fingerprint density at radius 3 is 2.33 bits per heavy atom. The lowest BCUT2D eigenvalue weighted by Gasteiger charge is -2.08. The Labute approximate surface area is 160 Å². The highest BCUT2D eigenvalue weighted by Gasteiger charge is 2.10. The second-order valence-corrected chi connectivity index (χ2v) is 6.75. The van der Waals surface area contributed by atoms with Gasteiger partial charge in [-0.3, -0.25) is 25.2 Å². The number of benzene rings is 2. The molecule has 0 aliphatic rings. The lowest BCUT2D eigenvalue weighted by Crippen LogP contribution is -2.43. The van der Waals surface area contributed by atoms with Crippen molar-refractivity contribution in [3.05, 3.63) is 65.5 Å². The van der Waals surface area contributed by atoms with Crippen LogP contribution in [-0.4, -0.2) is 30.1 Å². The third kappa shape index (κ3) is 7.49. The van der Waals surface area contributed by atoms with Crippen LogP contribution in [0.5, 0.6) is 0 Å². The molecule has 2 amide bonds. The molecule has 27 heavy (non-hydrogen) atoms. The molecule has 2 aromatic rings. The van der Waals surface area contributed by atoms with Gasteiger partial charge in [0, 0.05) is 16.2 Å². The summed E-state index contributed by atoms with van der Waals surface area (Å²) in [6.07, 6.45) is 0.102. The van der Waals surface area contributed by atoms with Crippen LogP contribution >= 0.6 is 11.8 Å². The predicted molar refractivity (Wildman–Crippen MR) is 99.5 cm³/mol. The number of halogens is 1. The van der Waals surface area contributed by atoms with E-state index in [1.807, 2.05) is 6.92 Å². The molecule has 0 radical (unpaired) electrons. The van der Waals surface area contributed by atoms with Crippen LogP contribution in [0.2, 0.25) is 0 Å². The van der Waals surface area contributed by atoms with E-state index >= 15 is 0 Å². The highest BCUT2D eigenvalue weighted by Crippen LogP contribution is 2.18. The number of carbonyl (C=O) groups is 3. The van der Waals surface area contributed by atoms with E-state index in [2.05, 4.69) is 10.9 Å². The zero-order valence-electron chi connectivity index (χ0n) is 14.7. The summed E-state index contributed by atoms with van der Waals surface area (Å²) in [5.41, 5.74) is 5.84. The number of hydrogen-bond donors (Lipinski definition) is 2. The molecule has 8 heteroatoms. The summed E-state index contributed by atoms with van der Waals surface area (Å²) >= 11 is 1.38. The lowest BCUT2D eigenvalue weighted by atomic mass is 10.1. The van der Waals surface area contributed by atoms with Crippen molar-refractivity contribution in [1.29, 1.82) is 0 Å². The number of aryl methyl sites for hydroxylation is 1. The molecular weight excluding hydrogens is 371 g/mol. The van der Waals surface area contributed by atoms with Gasteiger partial charge >= 0.3 is 5.97 Å². The summed E-state index contributed by atoms with van der Waals surface area (Å²) in [5.74, 6) is -1.53. The van der Waals surface area contributed by atoms with Crippen molar-refractivity contribution in [1.82, 2.24) is 10.9 Å². The maximum Gasteiger partial charge on any atom is 0.307 e. The Hall–Kier alpha value is -2.87. The van der Waals surface area contributed by atoms with Gasteiger partial charge in [-0.1, -0.05) is 17.7 Å². The molecule has 0 spiro atoms. The van der Waals surface area contributed by atoms with E-state index in [-0.39, 0.29) is 12.2 Å². The monoisotopic (exact) mass is 390 g/mol. The fourth-order valence-electron chi connectivity index (χ4n) is 1.94. The fraction of sp³-hybridized carbons (Fsp3) is 0.211. The first kappa shape index (κ1) is 20.4. The van der Waals surface area contributed by atoms with Gasteiger partial charge in [0.25, 0.3) is 11.8 Å². The Kier molecular flexibility index (Phi) is 7.81. The van der Waals surface area contributed by atoms with Crippen LogP contribution in [0.15, 0.2) is 53.4 Å². The number of rotatable bonds is 7. The van der Waals surface area contributed by atoms with Crippen LogP contribution < -0.4 is 10.9 Å². The molecule has 2 aromatic carbocycles. The molecule has 0 unspecified atom stereocenters. The number of amides is 2. The summed E-state index contributed by atoms with van der Waals surface area (Å²) in [7, 11) is 0. The van der Waals surface area contributed by atoms with Crippen LogP contribution in [0.25, 0.3) is 0 Å². The fourth-order valence-corrected chi connectivity index (χ4v) is 2.77. The molecule has 0 atom stereocenters. The first-order valence-corrected chi connectivity index (χ1v) is 9.12. The minimum Gasteiger partial charge on any atom is -0.455 e. The Morgan fingerprint density at radius 1 is 1.00 bits per heavy atom. The Balaban J connectivity index is 1.61. The van der Waals surface area contributed by atoms with Crippen molar-refractivity contribution in [2.24, 2.45) is 0 Å². The van der Waals surface area contributed by atoms with Crippen molar-refractivity contribution < 1.29 is 23.5 Å². The topological polar surface area (TPSA) is 84.5 Å². The van der Waals surface area contributed by atoms with Crippen molar-refractivity contribution in [2.75, 3.05) is 12.4 Å². The van der Waals surface area contributed by atoms with Gasteiger partial charge in [-0.2, -0.15) is 0 Å². The number of hydrazine groups is 1. The summed E-state index contributed by atoms with van der Waals surface area (Å²) in [5, 5.41) is 0. The van der Waals surface area contributed by atoms with E-state index < -0.39 is 24.4 Å². The molecule has 2 rings (SSSR count). The predicted octanol–water partition coefficient (Wildman–Crippen LogP) is 2.62. The van der Waals surface area contributed by atoms with Crippen LogP contribution in [0, 0.1) is 12.7 Å². The average molecular weight is 390 g/mol. The quantitative estimate of drug-likeness (QED) is 0.431. The summed E-state index contributed by atoms with van der Waals surface area (Å²) in [6, 6.07) is 12.8. The third-order valence-corrected chi connectivity index (χ3v) is 4.40. The second-order valence-electron chi connectivity index (χ2n) is 5.58. The number of ether oxygens (including phenoxy) is 1. The third-order valence-electron chi connectivity index (χ3n) is 3.38. The van der Waals surface area contributed by atoms with Crippen molar-refractivity contribution in [3.63, 3.8) is 0 Å². The largest absolute Gasteiger partial charge is 0.455 e. The van der Waals surface area contributed by atoms with Gasteiger partial charge in [0.15, 0.2) is 6.61 Å². The van der Waals surface area contributed by atoms with E-state index in [0.717, 1.165) is 10.5 Å². The number of hydrogen-bond acceptors (Lipinski definition) is 5. The lowest BCUT2D eigenvalue weighted by molar-refractivity contribution is -0.148. The molecule has 0 aromatic heterocycles. The molecular formula is C19H19FN2O4S. The Bertz CT molecular complexity index is 794. The van der Waals surface area contributed by atoms with Gasteiger partial charge < -0.3 is 4.74 Å². The summed E-state index contributed by atoms with van der Waals surface area (Å²) in [4.78, 5) is 35.9. The van der Waals surface area contributed by atoms with Crippen molar-refractivity contribution in [3.8, 4) is 0 Å². The van der Waals surface area contributed by atoms with Crippen LogP contribution in [0.4, 0.5) is 4.39 Å². The van der Waals surface area contributed by atoms with Gasteiger partial charge in [0.05, 0.1) is 6.42 Å². The molecule has 6 nitrogen and oxygen atoms in total. The van der Waals surface area contributed by atoms with Gasteiger partial charge in [-0.05, 0) is 43.3 Å². The van der Waals surface area contributed by atoms with E-state index in [0.29, 0.717) is 11.3 Å². The molecule has 0 fully saturated rings. The normalized spacial score (nSPS) is 10.1. The van der Waals surface area contributed by atoms with Crippen molar-refractivity contribution >= 4 is 29.5 Å². The molecule has 0 heterocycles. The first-order valence-electron chi connectivity index (χ1n) is 8.14. The molecule has 0 bridgehead atoms. The van der Waals surface area contributed by atoms with E-state index in [1.165, 1.54) is 23.9 Å². The van der Waals surface area contributed by atoms with E-state index in [9.17, 15) is 18.8 Å². The summed E-state index contributed by atoms with van der Waals surface area (Å²) in [6.45, 7) is 1.41. The van der Waals surface area contributed by atoms with Gasteiger partial charge in [0.1, 0.15) is 5.82 Å². The molecule has 0 aliphatic carbocycles. The molecule has 0 aliphatic heterocycles. The minimum absolute atomic E-state index is 0.102. The molecule has 2 N–H and O–H groups in total. The zero-order valence-corrected chi connectivity index (χ0v) is 15.5. The van der Waals surface area contributed by atoms with E-state index in [1.54, 1.807) is 36.4 Å². The van der Waals surface area contributed by atoms with Gasteiger partial charge in [-0.25, -0.2) is 4.39 Å². The molecule has 0 saturated heterocycles. The standard InChI is InChI=1S/C19H19FN2O4S/c1-13-2-4-14(5-3-13)19(25)22-21-17(23)12-26-18(24)10-11-27-16-8-6-15(20)7-9-16/h2-9H,10-12H2,1H3,(H,21,23)(H,22,25). The zero-order chi connectivity index (χ0) is 19.6. The van der Waals surface area contributed by atoms with Gasteiger partial charge in [-0.15, -0.1) is 11.8 Å². The SMILES string of the molecule is Cc1ccc(C(=O)NNC(=O)COC(=O)CCSc2ccc(F)cc2)cc1. The molecule has 142 valence electrons. The minimum atomic E-state index is -0.644. The number of nitrogens with one attached hydrogen (secondary N) is 2. The van der Waals surface area contributed by atoms with Crippen LogP contribution in [0.3, 0.4) is 0 Å². The second kappa shape index (κ2) is 10.3. The van der Waals surface area contributed by atoms with Crippen LogP contribution in [0.1, 0.15) is 22.3 Å². The van der Waals surface area contributed by atoms with E-state index in [4.69, 9.17) is 4.74 Å². The number of thioether (sulfide) groups is 1. The number of carbonyl (C=O) groups excluding carboxylic acids is 3. The molecule has 0 saturated carbocycles. The highest BCUT2D eigenvalue weighted by atomic mass is 32.2. The summed E-state index contributed by atoms with van der Waals surface area (Å²) < 4.78 is 17.6. The van der Waals surface area contributed by atoms with Crippen LogP contribution in [-0.2, 0) is 14.3 Å². The highest BCUT2D eigenvalue weighted by molar-refractivity contribution is 7.99. The maximum absolute atomic E-state index is 12.8. The average Bonchev–Trinajstić information content (AvgIpc) is 2.66. The first-order chi connectivity index (χ1) is 12.9. The van der Waals surface area contributed by atoms with Gasteiger partial charge in [0.2, 0.25) is 0 Å². The van der Waals surface area contributed by atoms with Crippen molar-refractivity contribution in [2.45, 2.75) is 18.2 Å². The smallest absolute Gasteiger partial charge is 0.307 e. The number of esters is 1. The Morgan fingerprint density at radius 2 is 1.67 bits per heavy atom. The maximum atomic E-state index is 12.8.